The molecule has 2 aliphatic heterocycles. The first-order chi connectivity index (χ1) is 14.0. The van der Waals surface area contributed by atoms with Gasteiger partial charge < -0.3 is 15.4 Å². The van der Waals surface area contributed by atoms with E-state index in [1.807, 2.05) is 34.6 Å². The number of hydrogen-bond donors (Lipinski definition) is 3. The lowest BCUT2D eigenvalue weighted by Gasteiger charge is -2.24. The van der Waals surface area contributed by atoms with Crippen LogP contribution < -0.4 is 10.6 Å². The summed E-state index contributed by atoms with van der Waals surface area (Å²) in [6.07, 6.45) is -0.415. The predicted octanol–water partition coefficient (Wildman–Crippen LogP) is 3.14. The standard InChI is InChI=1S/C21H25N5O4/c1-20(2,3)30-19(29)26-9-12-15(10-26)24-25-16(12)23-17(27)11-6-7-13-14(8-11)22-18(28)21(13,4)5/h6-8H,9-10H2,1-5H3,(H,22,28)(H2,23,24,25,27). The number of aromatic nitrogens is 2. The fourth-order valence-corrected chi connectivity index (χ4v) is 3.61. The average molecular weight is 411 g/mol. The van der Waals surface area contributed by atoms with E-state index in [1.54, 1.807) is 23.1 Å². The third kappa shape index (κ3) is 3.40. The Kier molecular flexibility index (Phi) is 4.37. The van der Waals surface area contributed by atoms with Crippen molar-refractivity contribution < 1.29 is 19.1 Å². The molecule has 0 fully saturated rings. The molecule has 9 heteroatoms. The Morgan fingerprint density at radius 1 is 1.23 bits per heavy atom. The lowest BCUT2D eigenvalue weighted by molar-refractivity contribution is -0.119. The van der Waals surface area contributed by atoms with Crippen molar-refractivity contribution >= 4 is 29.4 Å². The fourth-order valence-electron chi connectivity index (χ4n) is 3.61. The van der Waals surface area contributed by atoms with Crippen molar-refractivity contribution in [3.05, 3.63) is 40.6 Å². The van der Waals surface area contributed by atoms with Crippen LogP contribution in [0.1, 0.15) is 61.8 Å². The third-order valence-electron chi connectivity index (χ3n) is 5.31. The number of ether oxygens (including phenoxy) is 1. The van der Waals surface area contributed by atoms with E-state index in [0.717, 1.165) is 16.8 Å². The van der Waals surface area contributed by atoms with Crippen molar-refractivity contribution in [2.45, 2.75) is 58.7 Å². The molecule has 0 spiro atoms. The zero-order valence-electron chi connectivity index (χ0n) is 17.7. The number of fused-ring (bicyclic) bond motifs is 2. The maximum absolute atomic E-state index is 12.8. The van der Waals surface area contributed by atoms with Crippen molar-refractivity contribution in [1.82, 2.24) is 15.1 Å². The molecule has 2 aromatic rings. The minimum absolute atomic E-state index is 0.0950. The Hall–Kier alpha value is -3.36. The summed E-state index contributed by atoms with van der Waals surface area (Å²) in [5, 5.41) is 12.7. The minimum Gasteiger partial charge on any atom is -0.444 e. The van der Waals surface area contributed by atoms with Crippen molar-refractivity contribution in [1.29, 1.82) is 0 Å². The molecule has 4 rings (SSSR count). The zero-order valence-corrected chi connectivity index (χ0v) is 17.7. The lowest BCUT2D eigenvalue weighted by atomic mass is 9.86. The molecule has 9 nitrogen and oxygen atoms in total. The van der Waals surface area contributed by atoms with Gasteiger partial charge in [0.1, 0.15) is 5.60 Å². The highest BCUT2D eigenvalue weighted by Gasteiger charge is 2.38. The summed E-state index contributed by atoms with van der Waals surface area (Å²) in [4.78, 5) is 38.8. The molecule has 0 aliphatic carbocycles. The Bertz CT molecular complexity index is 1060. The summed E-state index contributed by atoms with van der Waals surface area (Å²) in [6.45, 7) is 9.77. The Labute approximate surface area is 174 Å². The van der Waals surface area contributed by atoms with Crippen LogP contribution in [0.25, 0.3) is 0 Å². The molecule has 0 bridgehead atoms. The smallest absolute Gasteiger partial charge is 0.410 e. The van der Waals surface area contributed by atoms with Crippen LogP contribution in [-0.4, -0.2) is 38.6 Å². The molecule has 1 aromatic carbocycles. The third-order valence-corrected chi connectivity index (χ3v) is 5.31. The Morgan fingerprint density at radius 3 is 2.67 bits per heavy atom. The van der Waals surface area contributed by atoms with Crippen molar-refractivity contribution in [3.63, 3.8) is 0 Å². The number of amides is 3. The van der Waals surface area contributed by atoms with Gasteiger partial charge in [-0.15, -0.1) is 0 Å². The van der Waals surface area contributed by atoms with E-state index in [2.05, 4.69) is 20.8 Å². The van der Waals surface area contributed by atoms with E-state index in [-0.39, 0.29) is 11.8 Å². The van der Waals surface area contributed by atoms with Gasteiger partial charge in [-0.05, 0) is 52.3 Å². The SMILES string of the molecule is CC(C)(C)OC(=O)N1Cc2[nH]nc(NC(=O)c3ccc4c(c3)NC(=O)C4(C)C)c2C1. The van der Waals surface area contributed by atoms with Gasteiger partial charge in [0.05, 0.1) is 24.2 Å². The molecule has 0 saturated heterocycles. The van der Waals surface area contributed by atoms with E-state index < -0.39 is 17.1 Å². The molecule has 0 atom stereocenters. The molecular formula is C21H25N5O4. The molecule has 2 aliphatic rings. The minimum atomic E-state index is -0.627. The number of carbonyl (C=O) groups excluding carboxylic acids is 3. The van der Waals surface area contributed by atoms with E-state index in [4.69, 9.17) is 4.74 Å². The summed E-state index contributed by atoms with van der Waals surface area (Å²) in [5.74, 6) is -0.0601. The van der Waals surface area contributed by atoms with Gasteiger partial charge in [-0.2, -0.15) is 5.10 Å². The highest BCUT2D eigenvalue weighted by molar-refractivity contribution is 6.09. The average Bonchev–Trinajstić information content (AvgIpc) is 3.27. The summed E-state index contributed by atoms with van der Waals surface area (Å²) in [7, 11) is 0. The predicted molar refractivity (Wildman–Crippen MR) is 110 cm³/mol. The number of aromatic amines is 1. The zero-order chi connectivity index (χ0) is 21.8. The molecular weight excluding hydrogens is 386 g/mol. The van der Waals surface area contributed by atoms with E-state index in [0.29, 0.717) is 30.2 Å². The second-order valence-corrected chi connectivity index (χ2v) is 9.16. The Balaban J connectivity index is 1.48. The first-order valence-electron chi connectivity index (χ1n) is 9.77. The highest BCUT2D eigenvalue weighted by Crippen LogP contribution is 2.38. The van der Waals surface area contributed by atoms with Crippen LogP contribution in [-0.2, 0) is 28.0 Å². The van der Waals surface area contributed by atoms with Crippen LogP contribution in [0.15, 0.2) is 18.2 Å². The number of hydrogen-bond acceptors (Lipinski definition) is 5. The monoisotopic (exact) mass is 411 g/mol. The van der Waals surface area contributed by atoms with Gasteiger partial charge in [0.15, 0.2) is 5.82 Å². The van der Waals surface area contributed by atoms with E-state index >= 15 is 0 Å². The summed E-state index contributed by atoms with van der Waals surface area (Å²) in [5.41, 5.74) is 2.21. The van der Waals surface area contributed by atoms with Crippen LogP contribution in [0.2, 0.25) is 0 Å². The maximum atomic E-state index is 12.8. The van der Waals surface area contributed by atoms with Gasteiger partial charge in [0.25, 0.3) is 5.91 Å². The fraction of sp³-hybridized carbons (Fsp3) is 0.429. The van der Waals surface area contributed by atoms with Crippen molar-refractivity contribution in [2.24, 2.45) is 0 Å². The van der Waals surface area contributed by atoms with Crippen molar-refractivity contribution in [2.75, 3.05) is 10.6 Å². The van der Waals surface area contributed by atoms with Crippen molar-refractivity contribution in [3.8, 4) is 0 Å². The topological polar surface area (TPSA) is 116 Å². The van der Waals surface area contributed by atoms with Crippen LogP contribution in [0.3, 0.4) is 0 Å². The number of benzene rings is 1. The normalized spacial score (nSPS) is 16.7. The molecule has 1 aromatic heterocycles. The Morgan fingerprint density at radius 2 is 1.97 bits per heavy atom. The van der Waals surface area contributed by atoms with Crippen LogP contribution in [0.4, 0.5) is 16.3 Å². The first-order valence-corrected chi connectivity index (χ1v) is 9.77. The quantitative estimate of drug-likeness (QED) is 0.702. The van der Waals surface area contributed by atoms with Crippen LogP contribution in [0.5, 0.6) is 0 Å². The van der Waals surface area contributed by atoms with E-state index in [1.165, 1.54) is 0 Å². The second kappa shape index (κ2) is 6.58. The number of carbonyl (C=O) groups is 3. The molecule has 0 radical (unpaired) electrons. The number of anilines is 2. The van der Waals surface area contributed by atoms with E-state index in [9.17, 15) is 14.4 Å². The molecule has 3 N–H and O–H groups in total. The second-order valence-electron chi connectivity index (χ2n) is 9.16. The van der Waals surface area contributed by atoms with Gasteiger partial charge in [-0.1, -0.05) is 6.07 Å². The number of H-pyrrole nitrogens is 1. The lowest BCUT2D eigenvalue weighted by Crippen LogP contribution is -2.33. The van der Waals surface area contributed by atoms with Gasteiger partial charge in [0, 0.05) is 16.8 Å². The van der Waals surface area contributed by atoms with Crippen LogP contribution >= 0.6 is 0 Å². The largest absolute Gasteiger partial charge is 0.444 e. The van der Waals surface area contributed by atoms with Crippen LogP contribution in [0, 0.1) is 0 Å². The van der Waals surface area contributed by atoms with Gasteiger partial charge >= 0.3 is 6.09 Å². The molecule has 158 valence electrons. The summed E-state index contributed by atoms with van der Waals surface area (Å²) < 4.78 is 5.41. The highest BCUT2D eigenvalue weighted by atomic mass is 16.6. The number of rotatable bonds is 2. The molecule has 30 heavy (non-hydrogen) atoms. The number of nitrogens with one attached hydrogen (secondary N) is 3. The van der Waals surface area contributed by atoms with Gasteiger partial charge in [-0.25, -0.2) is 4.79 Å². The molecule has 3 heterocycles. The van der Waals surface area contributed by atoms with Gasteiger partial charge in [0.2, 0.25) is 5.91 Å². The summed E-state index contributed by atoms with van der Waals surface area (Å²) >= 11 is 0. The first kappa shape index (κ1) is 19.9. The molecule has 0 unspecified atom stereocenters. The molecule has 3 amide bonds. The maximum Gasteiger partial charge on any atom is 0.410 e. The number of nitrogens with zero attached hydrogens (tertiary/aromatic N) is 2. The summed E-state index contributed by atoms with van der Waals surface area (Å²) in [6, 6.07) is 5.15. The van der Waals surface area contributed by atoms with Gasteiger partial charge in [-0.3, -0.25) is 19.6 Å². The molecule has 0 saturated carbocycles.